The van der Waals surface area contributed by atoms with Crippen molar-refractivity contribution in [3.8, 4) is 22.8 Å². The molecule has 0 unspecified atom stereocenters. The number of aliphatic hydroxyl groups excluding tert-OH is 1. The lowest BCUT2D eigenvalue weighted by molar-refractivity contribution is 0.282. The summed E-state index contributed by atoms with van der Waals surface area (Å²) in [6.45, 7) is 0.326. The average molecular weight is 390 g/mol. The van der Waals surface area contributed by atoms with Crippen molar-refractivity contribution in [2.45, 2.75) is 57.8 Å². The number of hydrogen-bond donors (Lipinski definition) is 1. The van der Waals surface area contributed by atoms with Gasteiger partial charge in [0, 0.05) is 19.0 Å². The van der Waals surface area contributed by atoms with Gasteiger partial charge in [-0.1, -0.05) is 50.7 Å². The zero-order chi connectivity index (χ0) is 20.2. The maximum absolute atomic E-state index is 8.82. The molecule has 0 spiro atoms. The molecule has 0 fully saturated rings. The van der Waals surface area contributed by atoms with Crippen molar-refractivity contribution < 1.29 is 5.11 Å². The van der Waals surface area contributed by atoms with Crippen LogP contribution in [0.2, 0.25) is 0 Å². The van der Waals surface area contributed by atoms with Crippen LogP contribution in [0.15, 0.2) is 60.9 Å². The highest BCUT2D eigenvalue weighted by molar-refractivity contribution is 5.63. The molecule has 1 N–H and O–H groups in total. The molecule has 0 saturated carbocycles. The van der Waals surface area contributed by atoms with Crippen molar-refractivity contribution >= 4 is 0 Å². The van der Waals surface area contributed by atoms with Crippen molar-refractivity contribution in [1.82, 2.24) is 15.0 Å². The number of pyridine rings is 3. The monoisotopic (exact) mass is 389 g/mol. The SMILES string of the molecule is OCCCCCCCCCCc1cc(-c2ccccn2)nc(-c2ccccn2)c1. The largest absolute Gasteiger partial charge is 0.396 e. The van der Waals surface area contributed by atoms with E-state index in [9.17, 15) is 0 Å². The van der Waals surface area contributed by atoms with E-state index in [2.05, 4.69) is 22.1 Å². The first-order valence-electron chi connectivity index (χ1n) is 10.8. The van der Waals surface area contributed by atoms with Crippen molar-refractivity contribution in [3.05, 3.63) is 66.5 Å². The molecule has 29 heavy (non-hydrogen) atoms. The Morgan fingerprint density at radius 2 is 1.10 bits per heavy atom. The van der Waals surface area contributed by atoms with Crippen molar-refractivity contribution in [2.24, 2.45) is 0 Å². The van der Waals surface area contributed by atoms with E-state index >= 15 is 0 Å². The molecule has 0 aliphatic carbocycles. The first kappa shape index (κ1) is 21.1. The predicted octanol–water partition coefficient (Wildman–Crippen LogP) is 5.86. The second-order valence-electron chi connectivity index (χ2n) is 7.48. The molecule has 0 saturated heterocycles. The van der Waals surface area contributed by atoms with Crippen LogP contribution in [0.4, 0.5) is 0 Å². The fourth-order valence-electron chi connectivity index (χ4n) is 3.52. The van der Waals surface area contributed by atoms with Gasteiger partial charge in [-0.2, -0.15) is 0 Å². The van der Waals surface area contributed by atoms with Gasteiger partial charge in [-0.15, -0.1) is 0 Å². The Kier molecular flexibility index (Phi) is 8.80. The summed E-state index contributed by atoms with van der Waals surface area (Å²) >= 11 is 0. The Balaban J connectivity index is 1.60. The summed E-state index contributed by atoms with van der Waals surface area (Å²) in [5.41, 5.74) is 4.91. The molecule has 3 aromatic rings. The first-order valence-corrected chi connectivity index (χ1v) is 10.8. The van der Waals surface area contributed by atoms with Crippen LogP contribution in [0.3, 0.4) is 0 Å². The van der Waals surface area contributed by atoms with Crippen LogP contribution in [-0.2, 0) is 6.42 Å². The quantitative estimate of drug-likeness (QED) is 0.394. The number of unbranched alkanes of at least 4 members (excludes halogenated alkanes) is 7. The number of rotatable bonds is 12. The number of aromatic nitrogens is 3. The maximum Gasteiger partial charge on any atom is 0.0897 e. The summed E-state index contributed by atoms with van der Waals surface area (Å²) in [6, 6.07) is 16.2. The smallest absolute Gasteiger partial charge is 0.0897 e. The Hall–Kier alpha value is -2.59. The van der Waals surface area contributed by atoms with E-state index in [4.69, 9.17) is 10.1 Å². The van der Waals surface area contributed by atoms with Crippen LogP contribution in [0.25, 0.3) is 22.8 Å². The highest BCUT2D eigenvalue weighted by atomic mass is 16.2. The molecule has 0 amide bonds. The Morgan fingerprint density at radius 3 is 1.59 bits per heavy atom. The zero-order valence-corrected chi connectivity index (χ0v) is 17.1. The molecule has 4 heteroatoms. The molecule has 152 valence electrons. The van der Waals surface area contributed by atoms with Crippen LogP contribution < -0.4 is 0 Å². The molecule has 0 atom stereocenters. The van der Waals surface area contributed by atoms with E-state index in [1.165, 1.54) is 44.1 Å². The molecule has 3 rings (SSSR count). The van der Waals surface area contributed by atoms with Crippen molar-refractivity contribution in [1.29, 1.82) is 0 Å². The molecule has 0 aliphatic heterocycles. The summed E-state index contributed by atoms with van der Waals surface area (Å²) < 4.78 is 0. The van der Waals surface area contributed by atoms with Gasteiger partial charge in [0.1, 0.15) is 0 Å². The van der Waals surface area contributed by atoms with Crippen LogP contribution >= 0.6 is 0 Å². The first-order chi connectivity index (χ1) is 14.4. The fraction of sp³-hybridized carbons (Fsp3) is 0.400. The summed E-state index contributed by atoms with van der Waals surface area (Å²) in [4.78, 5) is 13.8. The zero-order valence-electron chi connectivity index (χ0n) is 17.1. The van der Waals surface area contributed by atoms with Gasteiger partial charge in [-0.25, -0.2) is 4.98 Å². The van der Waals surface area contributed by atoms with Gasteiger partial charge in [0.25, 0.3) is 0 Å². The van der Waals surface area contributed by atoms with E-state index in [0.29, 0.717) is 6.61 Å². The second-order valence-corrected chi connectivity index (χ2v) is 7.48. The number of hydrogen-bond acceptors (Lipinski definition) is 4. The summed E-state index contributed by atoms with van der Waals surface area (Å²) in [5, 5.41) is 8.82. The molecular formula is C25H31N3O. The summed E-state index contributed by atoms with van der Waals surface area (Å²) in [6.07, 6.45) is 14.3. The Labute approximate surface area is 174 Å². The maximum atomic E-state index is 8.82. The van der Waals surface area contributed by atoms with Crippen LogP contribution in [0.1, 0.15) is 56.9 Å². The third-order valence-electron chi connectivity index (χ3n) is 5.11. The van der Waals surface area contributed by atoms with E-state index in [1.807, 2.05) is 48.8 Å². The van der Waals surface area contributed by atoms with Gasteiger partial charge in [0.15, 0.2) is 0 Å². The third-order valence-corrected chi connectivity index (χ3v) is 5.11. The number of nitrogens with zero attached hydrogens (tertiary/aromatic N) is 3. The summed E-state index contributed by atoms with van der Waals surface area (Å²) in [7, 11) is 0. The van der Waals surface area contributed by atoms with Crippen LogP contribution in [0.5, 0.6) is 0 Å². The predicted molar refractivity (Wildman–Crippen MR) is 118 cm³/mol. The molecule has 3 heterocycles. The third kappa shape index (κ3) is 7.06. The van der Waals surface area contributed by atoms with Gasteiger partial charge in [0.05, 0.1) is 22.8 Å². The van der Waals surface area contributed by atoms with Crippen molar-refractivity contribution in [3.63, 3.8) is 0 Å². The van der Waals surface area contributed by atoms with Crippen molar-refractivity contribution in [2.75, 3.05) is 6.61 Å². The fourth-order valence-corrected chi connectivity index (χ4v) is 3.52. The molecule has 0 radical (unpaired) electrons. The molecule has 0 bridgehead atoms. The highest BCUT2D eigenvalue weighted by Crippen LogP contribution is 2.23. The lowest BCUT2D eigenvalue weighted by Gasteiger charge is -2.09. The van der Waals surface area contributed by atoms with Crippen LogP contribution in [-0.4, -0.2) is 26.7 Å². The molecule has 0 aliphatic rings. The second kappa shape index (κ2) is 12.1. The standard InChI is InChI=1S/C25H31N3O/c29-18-12-6-4-2-1-3-5-7-13-21-19-24(22-14-8-10-16-26-22)28-25(20-21)23-15-9-11-17-27-23/h8-11,14-17,19-20,29H,1-7,12-13,18H2. The Bertz CT molecular complexity index is 779. The molecule has 0 aromatic carbocycles. The Morgan fingerprint density at radius 1 is 0.586 bits per heavy atom. The molecular weight excluding hydrogens is 358 g/mol. The molecule has 4 nitrogen and oxygen atoms in total. The van der Waals surface area contributed by atoms with E-state index < -0.39 is 0 Å². The van der Waals surface area contributed by atoms with Gasteiger partial charge in [-0.05, 0) is 61.2 Å². The van der Waals surface area contributed by atoms with Gasteiger partial charge >= 0.3 is 0 Å². The van der Waals surface area contributed by atoms with E-state index in [-0.39, 0.29) is 0 Å². The minimum absolute atomic E-state index is 0.326. The number of aryl methyl sites for hydroxylation is 1. The summed E-state index contributed by atoms with van der Waals surface area (Å²) in [5.74, 6) is 0. The minimum atomic E-state index is 0.326. The van der Waals surface area contributed by atoms with E-state index in [1.54, 1.807) is 0 Å². The van der Waals surface area contributed by atoms with Gasteiger partial charge in [0.2, 0.25) is 0 Å². The van der Waals surface area contributed by atoms with E-state index in [0.717, 1.165) is 42.0 Å². The lowest BCUT2D eigenvalue weighted by atomic mass is 10.0. The molecule has 3 aromatic heterocycles. The van der Waals surface area contributed by atoms with Gasteiger partial charge < -0.3 is 5.11 Å². The number of aliphatic hydroxyl groups is 1. The highest BCUT2D eigenvalue weighted by Gasteiger charge is 2.08. The average Bonchev–Trinajstić information content (AvgIpc) is 2.79. The lowest BCUT2D eigenvalue weighted by Crippen LogP contribution is -1.96. The van der Waals surface area contributed by atoms with Gasteiger partial charge in [-0.3, -0.25) is 9.97 Å². The topological polar surface area (TPSA) is 58.9 Å². The minimum Gasteiger partial charge on any atom is -0.396 e. The normalized spacial score (nSPS) is 10.9. The van der Waals surface area contributed by atoms with Crippen LogP contribution in [0, 0.1) is 0 Å².